The Kier molecular flexibility index (Phi) is 3.62. The van der Waals surface area contributed by atoms with Crippen LogP contribution in [0.2, 0.25) is 0 Å². The van der Waals surface area contributed by atoms with Gasteiger partial charge in [-0.3, -0.25) is 10.1 Å². The Morgan fingerprint density at radius 2 is 2.29 bits per heavy atom. The number of nitrogens with zero attached hydrogens (tertiary/aromatic N) is 1. The fourth-order valence-corrected chi connectivity index (χ4v) is 1.94. The first-order valence-electron chi connectivity index (χ1n) is 4.13. The molecule has 1 atom stereocenters. The molecule has 0 heterocycles. The summed E-state index contributed by atoms with van der Waals surface area (Å²) in [6.07, 6.45) is 1.71. The summed E-state index contributed by atoms with van der Waals surface area (Å²) < 4.78 is 0.666. The number of hydrogen-bond acceptors (Lipinski definition) is 2. The summed E-state index contributed by atoms with van der Waals surface area (Å²) in [6.45, 7) is 5.54. The Morgan fingerprint density at radius 1 is 1.64 bits per heavy atom. The lowest BCUT2D eigenvalue weighted by Crippen LogP contribution is -1.99. The Bertz CT molecular complexity index is 376. The first-order chi connectivity index (χ1) is 6.57. The van der Waals surface area contributed by atoms with Gasteiger partial charge in [-0.25, -0.2) is 0 Å². The Balaban J connectivity index is 3.35. The molecule has 0 radical (unpaired) electrons. The smallest absolute Gasteiger partial charge is 0.258 e. The van der Waals surface area contributed by atoms with Crippen LogP contribution >= 0.6 is 22.6 Å². The van der Waals surface area contributed by atoms with Gasteiger partial charge in [0, 0.05) is 11.5 Å². The van der Waals surface area contributed by atoms with E-state index in [2.05, 4.69) is 6.58 Å². The zero-order valence-electron chi connectivity index (χ0n) is 7.74. The van der Waals surface area contributed by atoms with Crippen LogP contribution in [0.5, 0.6) is 0 Å². The van der Waals surface area contributed by atoms with Crippen LogP contribution in [0.15, 0.2) is 30.9 Å². The highest BCUT2D eigenvalue weighted by molar-refractivity contribution is 14.1. The van der Waals surface area contributed by atoms with Crippen LogP contribution < -0.4 is 0 Å². The van der Waals surface area contributed by atoms with E-state index in [1.165, 1.54) is 0 Å². The van der Waals surface area contributed by atoms with Crippen molar-refractivity contribution in [2.45, 2.75) is 12.8 Å². The molecule has 0 aliphatic heterocycles. The molecule has 0 saturated heterocycles. The van der Waals surface area contributed by atoms with Crippen LogP contribution in [0.25, 0.3) is 0 Å². The first kappa shape index (κ1) is 11.2. The molecule has 1 aromatic carbocycles. The van der Waals surface area contributed by atoms with Gasteiger partial charge in [-0.1, -0.05) is 25.1 Å². The summed E-state index contributed by atoms with van der Waals surface area (Å²) in [5, 5.41) is 10.8. The van der Waals surface area contributed by atoms with Crippen molar-refractivity contribution in [1.82, 2.24) is 0 Å². The Hall–Kier alpha value is -0.910. The molecule has 0 aromatic heterocycles. The fourth-order valence-electron chi connectivity index (χ4n) is 1.22. The number of nitro benzene ring substituents is 1. The van der Waals surface area contributed by atoms with Crippen molar-refractivity contribution in [2.75, 3.05) is 0 Å². The maximum atomic E-state index is 10.8. The van der Waals surface area contributed by atoms with Gasteiger partial charge in [-0.15, -0.1) is 6.58 Å². The van der Waals surface area contributed by atoms with Crippen LogP contribution in [0.1, 0.15) is 18.4 Å². The van der Waals surface area contributed by atoms with Crippen LogP contribution in [-0.2, 0) is 0 Å². The molecule has 0 saturated carbocycles. The van der Waals surface area contributed by atoms with E-state index in [0.717, 1.165) is 5.56 Å². The lowest BCUT2D eigenvalue weighted by molar-refractivity contribution is -0.386. The van der Waals surface area contributed by atoms with Gasteiger partial charge in [0.2, 0.25) is 0 Å². The highest BCUT2D eigenvalue weighted by Gasteiger charge is 2.20. The first-order valence-corrected chi connectivity index (χ1v) is 5.21. The molecule has 4 heteroatoms. The van der Waals surface area contributed by atoms with Crippen molar-refractivity contribution in [3.8, 4) is 0 Å². The minimum absolute atomic E-state index is 0.00474. The van der Waals surface area contributed by atoms with Crippen molar-refractivity contribution in [3.05, 3.63) is 50.1 Å². The summed E-state index contributed by atoms with van der Waals surface area (Å²) in [6, 6.07) is 5.33. The predicted molar refractivity (Wildman–Crippen MR) is 64.4 cm³/mol. The van der Waals surface area contributed by atoms with E-state index in [4.69, 9.17) is 0 Å². The molecule has 0 N–H and O–H groups in total. The number of para-hydroxylation sites is 1. The van der Waals surface area contributed by atoms with Crippen molar-refractivity contribution in [1.29, 1.82) is 0 Å². The topological polar surface area (TPSA) is 43.1 Å². The lowest BCUT2D eigenvalue weighted by Gasteiger charge is -2.07. The van der Waals surface area contributed by atoms with Crippen molar-refractivity contribution >= 4 is 28.3 Å². The Morgan fingerprint density at radius 3 is 2.79 bits per heavy atom. The minimum Gasteiger partial charge on any atom is -0.258 e. The van der Waals surface area contributed by atoms with E-state index in [9.17, 15) is 10.1 Å². The summed E-state index contributed by atoms with van der Waals surface area (Å²) in [7, 11) is 0. The molecule has 0 aliphatic carbocycles. The Labute approximate surface area is 96.1 Å². The van der Waals surface area contributed by atoms with E-state index < -0.39 is 0 Å². The quantitative estimate of drug-likeness (QED) is 0.371. The van der Waals surface area contributed by atoms with Crippen LogP contribution in [0.4, 0.5) is 5.69 Å². The molecule has 3 nitrogen and oxygen atoms in total. The molecule has 0 aliphatic rings. The van der Waals surface area contributed by atoms with Gasteiger partial charge in [0.15, 0.2) is 0 Å². The van der Waals surface area contributed by atoms with Crippen LogP contribution in [0, 0.1) is 13.7 Å². The van der Waals surface area contributed by atoms with Crippen molar-refractivity contribution in [3.63, 3.8) is 0 Å². The maximum Gasteiger partial charge on any atom is 0.286 e. The second kappa shape index (κ2) is 4.54. The average Bonchev–Trinajstić information content (AvgIpc) is 2.15. The van der Waals surface area contributed by atoms with Gasteiger partial charge >= 0.3 is 0 Å². The van der Waals surface area contributed by atoms with Gasteiger partial charge < -0.3 is 0 Å². The third-order valence-corrected chi connectivity index (χ3v) is 2.92. The van der Waals surface area contributed by atoms with Crippen molar-refractivity contribution in [2.24, 2.45) is 0 Å². The van der Waals surface area contributed by atoms with Crippen molar-refractivity contribution < 1.29 is 4.92 Å². The SMILES string of the molecule is C=CC(C)c1cccc(I)c1[N+](=O)[O-]. The molecule has 74 valence electrons. The van der Waals surface area contributed by atoms with E-state index in [1.807, 2.05) is 35.6 Å². The molecule has 0 spiro atoms. The van der Waals surface area contributed by atoms with E-state index in [0.29, 0.717) is 3.57 Å². The summed E-state index contributed by atoms with van der Waals surface area (Å²) >= 11 is 1.97. The normalized spacial score (nSPS) is 12.1. The van der Waals surface area contributed by atoms with Gasteiger partial charge in [0.05, 0.1) is 8.49 Å². The highest BCUT2D eigenvalue weighted by Crippen LogP contribution is 2.31. The predicted octanol–water partition coefficient (Wildman–Crippen LogP) is 3.49. The van der Waals surface area contributed by atoms with Gasteiger partial charge in [-0.05, 0) is 28.7 Å². The number of allylic oxidation sites excluding steroid dienone is 1. The fraction of sp³-hybridized carbons (Fsp3) is 0.200. The molecule has 0 bridgehead atoms. The van der Waals surface area contributed by atoms with E-state index in [1.54, 1.807) is 18.2 Å². The third-order valence-electron chi connectivity index (χ3n) is 2.04. The largest absolute Gasteiger partial charge is 0.286 e. The highest BCUT2D eigenvalue weighted by atomic mass is 127. The molecule has 1 aromatic rings. The molecular weight excluding hydrogens is 293 g/mol. The molecule has 0 fully saturated rings. The molecule has 1 rings (SSSR count). The second-order valence-electron chi connectivity index (χ2n) is 2.96. The van der Waals surface area contributed by atoms with Gasteiger partial charge in [0.25, 0.3) is 5.69 Å². The average molecular weight is 303 g/mol. The summed E-state index contributed by atoms with van der Waals surface area (Å²) in [5.41, 5.74) is 0.914. The monoisotopic (exact) mass is 303 g/mol. The molecular formula is C10H10INO2. The second-order valence-corrected chi connectivity index (χ2v) is 4.12. The third kappa shape index (κ3) is 2.12. The molecule has 0 amide bonds. The number of halogens is 1. The van der Waals surface area contributed by atoms with Gasteiger partial charge in [0.1, 0.15) is 0 Å². The number of benzene rings is 1. The number of hydrogen-bond donors (Lipinski definition) is 0. The van der Waals surface area contributed by atoms with Crippen LogP contribution in [-0.4, -0.2) is 4.92 Å². The standard InChI is InChI=1S/C10H10INO2/c1-3-7(2)8-5-4-6-9(11)10(8)12(13)14/h3-7H,1H2,2H3. The zero-order valence-corrected chi connectivity index (χ0v) is 9.89. The number of rotatable bonds is 3. The maximum absolute atomic E-state index is 10.8. The number of nitro groups is 1. The zero-order chi connectivity index (χ0) is 10.7. The molecule has 14 heavy (non-hydrogen) atoms. The lowest BCUT2D eigenvalue weighted by atomic mass is 10.00. The van der Waals surface area contributed by atoms with E-state index >= 15 is 0 Å². The minimum atomic E-state index is -0.336. The van der Waals surface area contributed by atoms with Crippen LogP contribution in [0.3, 0.4) is 0 Å². The molecule has 1 unspecified atom stereocenters. The van der Waals surface area contributed by atoms with Gasteiger partial charge in [-0.2, -0.15) is 0 Å². The summed E-state index contributed by atoms with van der Waals surface area (Å²) in [5.74, 6) is 0.00474. The van der Waals surface area contributed by atoms with E-state index in [-0.39, 0.29) is 16.5 Å². The summed E-state index contributed by atoms with van der Waals surface area (Å²) in [4.78, 5) is 10.5.